The molecule has 0 bridgehead atoms. The van der Waals surface area contributed by atoms with E-state index in [2.05, 4.69) is 0 Å². The van der Waals surface area contributed by atoms with E-state index in [0.717, 1.165) is 23.1 Å². The van der Waals surface area contributed by atoms with Gasteiger partial charge >= 0.3 is 0 Å². The Balaban J connectivity index is 2.28. The summed E-state index contributed by atoms with van der Waals surface area (Å²) in [5.74, 6) is -1.26. The Kier molecular flexibility index (Phi) is 4.09. The first kappa shape index (κ1) is 14.1. The van der Waals surface area contributed by atoms with Crippen LogP contribution in [0.1, 0.15) is 15.2 Å². The number of nitro groups is 1. The second kappa shape index (κ2) is 5.79. The van der Waals surface area contributed by atoms with Gasteiger partial charge in [0, 0.05) is 18.0 Å². The van der Waals surface area contributed by atoms with Crippen molar-refractivity contribution in [3.8, 4) is 0 Å². The van der Waals surface area contributed by atoms with Crippen LogP contribution in [0.3, 0.4) is 0 Å². The van der Waals surface area contributed by atoms with Gasteiger partial charge in [-0.25, -0.2) is 4.39 Å². The summed E-state index contributed by atoms with van der Waals surface area (Å²) in [6, 6.07) is 6.57. The quantitative estimate of drug-likeness (QED) is 0.643. The summed E-state index contributed by atoms with van der Waals surface area (Å²) >= 11 is 1.48. The zero-order valence-electron chi connectivity index (χ0n) is 10.6. The molecule has 20 heavy (non-hydrogen) atoms. The Labute approximate surface area is 118 Å². The van der Waals surface area contributed by atoms with E-state index < -0.39 is 22.3 Å². The third kappa shape index (κ3) is 3.00. The zero-order valence-corrected chi connectivity index (χ0v) is 11.4. The largest absolute Gasteiger partial charge is 0.336 e. The first-order chi connectivity index (χ1) is 9.49. The molecule has 0 aliphatic carbocycles. The highest BCUT2D eigenvalue weighted by Gasteiger charge is 2.23. The SMILES string of the molecule is CN(Cc1cccs1)C(=O)c1cc(F)ccc1[N+](=O)[O-]. The summed E-state index contributed by atoms with van der Waals surface area (Å²) in [7, 11) is 1.52. The van der Waals surface area contributed by atoms with E-state index in [4.69, 9.17) is 0 Å². The summed E-state index contributed by atoms with van der Waals surface area (Å²) in [6.45, 7) is 0.324. The van der Waals surface area contributed by atoms with Crippen LogP contribution < -0.4 is 0 Å². The molecule has 2 rings (SSSR count). The first-order valence-electron chi connectivity index (χ1n) is 5.71. The average molecular weight is 294 g/mol. The average Bonchev–Trinajstić information content (AvgIpc) is 2.90. The number of hydrogen-bond acceptors (Lipinski definition) is 4. The minimum absolute atomic E-state index is 0.242. The lowest BCUT2D eigenvalue weighted by atomic mass is 10.1. The van der Waals surface area contributed by atoms with E-state index in [1.807, 2.05) is 17.5 Å². The normalized spacial score (nSPS) is 10.3. The van der Waals surface area contributed by atoms with Crippen molar-refractivity contribution >= 4 is 22.9 Å². The van der Waals surface area contributed by atoms with Crippen LogP contribution in [0.4, 0.5) is 10.1 Å². The number of hydrogen-bond donors (Lipinski definition) is 0. The van der Waals surface area contributed by atoms with Gasteiger partial charge in [-0.1, -0.05) is 6.07 Å². The van der Waals surface area contributed by atoms with E-state index in [1.54, 1.807) is 0 Å². The number of benzene rings is 1. The molecule has 0 atom stereocenters. The second-order valence-corrected chi connectivity index (χ2v) is 5.19. The maximum Gasteiger partial charge on any atom is 0.282 e. The summed E-state index contributed by atoms with van der Waals surface area (Å²) in [6.07, 6.45) is 0. The van der Waals surface area contributed by atoms with Gasteiger partial charge in [-0.3, -0.25) is 14.9 Å². The van der Waals surface area contributed by atoms with Crippen molar-refractivity contribution in [1.82, 2.24) is 4.90 Å². The molecule has 0 saturated heterocycles. The fourth-order valence-electron chi connectivity index (χ4n) is 1.75. The molecule has 0 aliphatic heterocycles. The van der Waals surface area contributed by atoms with Gasteiger partial charge in [-0.2, -0.15) is 0 Å². The van der Waals surface area contributed by atoms with Crippen molar-refractivity contribution in [1.29, 1.82) is 0 Å². The van der Waals surface area contributed by atoms with Gasteiger partial charge in [0.25, 0.3) is 11.6 Å². The Morgan fingerprint density at radius 2 is 2.20 bits per heavy atom. The monoisotopic (exact) mass is 294 g/mol. The molecule has 1 aromatic heterocycles. The van der Waals surface area contributed by atoms with E-state index in [-0.39, 0.29) is 5.56 Å². The van der Waals surface area contributed by atoms with Gasteiger partial charge in [0.1, 0.15) is 11.4 Å². The van der Waals surface area contributed by atoms with E-state index >= 15 is 0 Å². The Bertz CT molecular complexity index is 643. The lowest BCUT2D eigenvalue weighted by molar-refractivity contribution is -0.385. The van der Waals surface area contributed by atoms with Gasteiger partial charge < -0.3 is 4.90 Å². The van der Waals surface area contributed by atoms with Crippen LogP contribution in [-0.2, 0) is 6.54 Å². The Morgan fingerprint density at radius 3 is 2.80 bits per heavy atom. The van der Waals surface area contributed by atoms with Crippen molar-refractivity contribution in [2.24, 2.45) is 0 Å². The minimum Gasteiger partial charge on any atom is -0.336 e. The number of amides is 1. The molecule has 0 aliphatic rings. The highest BCUT2D eigenvalue weighted by atomic mass is 32.1. The molecule has 0 N–H and O–H groups in total. The van der Waals surface area contributed by atoms with Crippen LogP contribution in [0.5, 0.6) is 0 Å². The zero-order chi connectivity index (χ0) is 14.7. The maximum atomic E-state index is 13.2. The molecular weight excluding hydrogens is 283 g/mol. The fourth-order valence-corrected chi connectivity index (χ4v) is 2.51. The van der Waals surface area contributed by atoms with E-state index in [1.165, 1.54) is 23.3 Å². The molecule has 0 radical (unpaired) electrons. The van der Waals surface area contributed by atoms with Gasteiger partial charge in [0.05, 0.1) is 11.5 Å². The second-order valence-electron chi connectivity index (χ2n) is 4.16. The number of thiophene rings is 1. The Morgan fingerprint density at radius 1 is 1.45 bits per heavy atom. The molecule has 104 valence electrons. The molecule has 1 aromatic carbocycles. The van der Waals surface area contributed by atoms with Crippen LogP contribution in [0.25, 0.3) is 0 Å². The fraction of sp³-hybridized carbons (Fsp3) is 0.154. The topological polar surface area (TPSA) is 63.5 Å². The summed E-state index contributed by atoms with van der Waals surface area (Å²) < 4.78 is 13.2. The van der Waals surface area contributed by atoms with Crippen LogP contribution in [-0.4, -0.2) is 22.8 Å². The summed E-state index contributed by atoms with van der Waals surface area (Å²) in [5, 5.41) is 12.8. The molecule has 0 saturated carbocycles. The van der Waals surface area contributed by atoms with Crippen molar-refractivity contribution in [3.05, 3.63) is 62.1 Å². The van der Waals surface area contributed by atoms with Crippen LogP contribution in [0.2, 0.25) is 0 Å². The molecule has 0 fully saturated rings. The van der Waals surface area contributed by atoms with Crippen LogP contribution >= 0.6 is 11.3 Å². The third-order valence-corrected chi connectivity index (χ3v) is 3.57. The lowest BCUT2D eigenvalue weighted by Gasteiger charge is -2.16. The number of halogens is 1. The molecule has 7 heteroatoms. The van der Waals surface area contributed by atoms with Gasteiger partial charge in [-0.15, -0.1) is 11.3 Å². The number of nitro benzene ring substituents is 1. The molecule has 0 spiro atoms. The van der Waals surface area contributed by atoms with Crippen molar-refractivity contribution in [2.45, 2.75) is 6.54 Å². The number of rotatable bonds is 4. The molecule has 2 aromatic rings. The standard InChI is InChI=1S/C13H11FN2O3S/c1-15(8-10-3-2-6-20-10)13(17)11-7-9(14)4-5-12(11)16(18)19/h2-7H,8H2,1H3. The first-order valence-corrected chi connectivity index (χ1v) is 6.59. The van der Waals surface area contributed by atoms with Crippen LogP contribution in [0, 0.1) is 15.9 Å². The number of nitrogens with zero attached hydrogens (tertiary/aromatic N) is 2. The smallest absolute Gasteiger partial charge is 0.282 e. The minimum atomic E-state index is -0.689. The Hall–Kier alpha value is -2.28. The van der Waals surface area contributed by atoms with Crippen molar-refractivity contribution in [2.75, 3.05) is 7.05 Å². The maximum absolute atomic E-state index is 13.2. The van der Waals surface area contributed by atoms with Gasteiger partial charge in [0.15, 0.2) is 0 Å². The summed E-state index contributed by atoms with van der Waals surface area (Å²) in [5.41, 5.74) is -0.636. The number of carbonyl (C=O) groups is 1. The van der Waals surface area contributed by atoms with Gasteiger partial charge in [0.2, 0.25) is 0 Å². The van der Waals surface area contributed by atoms with E-state index in [0.29, 0.717) is 6.54 Å². The van der Waals surface area contributed by atoms with Gasteiger partial charge in [-0.05, 0) is 23.6 Å². The van der Waals surface area contributed by atoms with Crippen molar-refractivity contribution in [3.63, 3.8) is 0 Å². The van der Waals surface area contributed by atoms with Crippen LogP contribution in [0.15, 0.2) is 35.7 Å². The van der Waals surface area contributed by atoms with E-state index in [9.17, 15) is 19.3 Å². The molecule has 5 nitrogen and oxygen atoms in total. The predicted molar refractivity (Wildman–Crippen MR) is 73.2 cm³/mol. The molecular formula is C13H11FN2O3S. The molecule has 0 unspecified atom stereocenters. The highest BCUT2D eigenvalue weighted by Crippen LogP contribution is 2.22. The lowest BCUT2D eigenvalue weighted by Crippen LogP contribution is -2.26. The summed E-state index contributed by atoms with van der Waals surface area (Å²) in [4.78, 5) is 24.7. The number of carbonyl (C=O) groups excluding carboxylic acids is 1. The van der Waals surface area contributed by atoms with Crippen molar-refractivity contribution < 1.29 is 14.1 Å². The third-order valence-electron chi connectivity index (χ3n) is 2.71. The predicted octanol–water partition coefficient (Wildman–Crippen LogP) is 3.07. The molecule has 1 heterocycles. The highest BCUT2D eigenvalue weighted by molar-refractivity contribution is 7.09. The molecule has 1 amide bonds.